The molecule has 0 aromatic heterocycles. The maximum absolute atomic E-state index is 0. The summed E-state index contributed by atoms with van der Waals surface area (Å²) in [5, 5.41) is 0. The predicted molar refractivity (Wildman–Crippen MR) is 35.0 cm³/mol. The normalized spacial score (nSPS) is 0. The van der Waals surface area contributed by atoms with Crippen molar-refractivity contribution < 1.29 is 68.3 Å². The molecule has 0 atom stereocenters. The van der Waals surface area contributed by atoms with Crippen molar-refractivity contribution in [3.05, 3.63) is 0 Å². The SMILES string of the molecule is [Fe].[Fe].[Fe].[Fe].[SH-].[SH-].[SH-].[SH-]. The van der Waals surface area contributed by atoms with Crippen LogP contribution in [0.1, 0.15) is 0 Å². The van der Waals surface area contributed by atoms with Crippen LogP contribution in [0, 0.1) is 0 Å². The van der Waals surface area contributed by atoms with Gasteiger partial charge in [0, 0.05) is 68.3 Å². The van der Waals surface area contributed by atoms with Gasteiger partial charge in [-0.25, -0.2) is 0 Å². The quantitative estimate of drug-likeness (QED) is 0.307. The van der Waals surface area contributed by atoms with E-state index in [1.165, 1.54) is 0 Å². The van der Waals surface area contributed by atoms with Gasteiger partial charge in [0.25, 0.3) is 0 Å². The topological polar surface area (TPSA) is 0 Å². The largest absolute Gasteiger partial charge is 0.813 e. The maximum Gasteiger partial charge on any atom is 0 e. The molecule has 0 heterocycles. The molecule has 8 heavy (non-hydrogen) atoms. The van der Waals surface area contributed by atoms with Gasteiger partial charge in [-0.05, 0) is 0 Å². The van der Waals surface area contributed by atoms with Crippen LogP contribution in [0.15, 0.2) is 0 Å². The zero-order valence-electron chi connectivity index (χ0n) is 3.20. The van der Waals surface area contributed by atoms with E-state index in [-0.39, 0.29) is 122 Å². The van der Waals surface area contributed by atoms with Crippen molar-refractivity contribution in [2.45, 2.75) is 0 Å². The Morgan fingerprint density at radius 2 is 0.250 bits per heavy atom. The third kappa shape index (κ3) is 56.3. The van der Waals surface area contributed by atoms with Gasteiger partial charge in [0.05, 0.1) is 0 Å². The minimum absolute atomic E-state index is 0. The fraction of sp³-hybridized carbons (Fsp3) is 0. The van der Waals surface area contributed by atoms with E-state index < -0.39 is 0 Å². The van der Waals surface area contributed by atoms with Gasteiger partial charge in [0.15, 0.2) is 0 Å². The second-order valence-corrected chi connectivity index (χ2v) is 0. The average Bonchev–Trinajstić information content (AvgIpc) is 0. The second-order valence-electron chi connectivity index (χ2n) is 0. The smallest absolute Gasteiger partial charge is 0 e. The van der Waals surface area contributed by atoms with E-state index in [0.29, 0.717) is 0 Å². The number of hydrogen-bond donors (Lipinski definition) is 0. The molecule has 0 nitrogen and oxygen atoms in total. The molecule has 0 aliphatic carbocycles. The molecule has 8 heteroatoms. The molecule has 0 saturated heterocycles. The molecule has 0 rings (SSSR count). The van der Waals surface area contributed by atoms with Crippen LogP contribution in [-0.4, -0.2) is 0 Å². The summed E-state index contributed by atoms with van der Waals surface area (Å²) in [6.07, 6.45) is 0. The molecule has 0 unspecified atom stereocenters. The van der Waals surface area contributed by atoms with Gasteiger partial charge in [-0.3, -0.25) is 0 Å². The van der Waals surface area contributed by atoms with Crippen molar-refractivity contribution in [3.63, 3.8) is 0 Å². The minimum atomic E-state index is 0. The van der Waals surface area contributed by atoms with E-state index in [9.17, 15) is 0 Å². The Balaban J connectivity index is 0. The van der Waals surface area contributed by atoms with Crippen LogP contribution in [0.3, 0.4) is 0 Å². The first-order chi connectivity index (χ1) is 0. The Hall–Kier alpha value is 3.48. The molecule has 0 spiro atoms. The molecule has 0 aliphatic rings. The number of rotatable bonds is 0. The summed E-state index contributed by atoms with van der Waals surface area (Å²) in [4.78, 5) is 0. The molecule has 0 bridgehead atoms. The van der Waals surface area contributed by atoms with Crippen molar-refractivity contribution in [2.24, 2.45) is 0 Å². The molecular formula is H4Fe4S4-4. The summed E-state index contributed by atoms with van der Waals surface area (Å²) in [6.45, 7) is 0. The monoisotopic (exact) mass is 356 g/mol. The number of thiol groups is 4. The maximum atomic E-state index is 0. The van der Waals surface area contributed by atoms with Crippen molar-refractivity contribution in [3.8, 4) is 0 Å². The molecule has 0 radical (unpaired) electrons. The fourth-order valence-corrected chi connectivity index (χ4v) is 0. The van der Waals surface area contributed by atoms with Gasteiger partial charge in [0.1, 0.15) is 0 Å². The predicted octanol–water partition coefficient (Wildman–Crippen LogP) is -1.09. The summed E-state index contributed by atoms with van der Waals surface area (Å²) in [5.74, 6) is 0. The zero-order chi connectivity index (χ0) is 0. The molecule has 0 aromatic carbocycles. The Morgan fingerprint density at radius 1 is 0.250 bits per heavy atom. The molecule has 0 N–H and O–H groups in total. The van der Waals surface area contributed by atoms with Crippen LogP contribution in [0.25, 0.3) is 0 Å². The van der Waals surface area contributed by atoms with Crippen LogP contribution >= 0.6 is 0 Å². The van der Waals surface area contributed by atoms with Crippen molar-refractivity contribution in [1.29, 1.82) is 0 Å². The third-order valence-electron chi connectivity index (χ3n) is 0. The van der Waals surface area contributed by atoms with E-state index in [1.807, 2.05) is 0 Å². The molecule has 0 amide bonds. The summed E-state index contributed by atoms with van der Waals surface area (Å²) >= 11 is 0. The molecule has 0 saturated carbocycles. The van der Waals surface area contributed by atoms with Crippen LogP contribution < -0.4 is 0 Å². The van der Waals surface area contributed by atoms with E-state index in [2.05, 4.69) is 0 Å². The van der Waals surface area contributed by atoms with Crippen LogP contribution in [-0.2, 0) is 122 Å². The van der Waals surface area contributed by atoms with Gasteiger partial charge in [-0.1, -0.05) is 0 Å². The van der Waals surface area contributed by atoms with Crippen LogP contribution in [0.4, 0.5) is 0 Å². The van der Waals surface area contributed by atoms with E-state index >= 15 is 0 Å². The molecular weight excluding hydrogens is 352 g/mol. The number of hydrogen-bond acceptors (Lipinski definition) is 4. The van der Waals surface area contributed by atoms with Gasteiger partial charge in [-0.15, -0.1) is 0 Å². The van der Waals surface area contributed by atoms with E-state index in [1.54, 1.807) is 0 Å². The first kappa shape index (κ1) is 104. The standard InChI is InChI=1S/4Fe.4H2S/h;;;;4*1H2/p-4. The Kier molecular flexibility index (Phi) is 1010. The summed E-state index contributed by atoms with van der Waals surface area (Å²) in [5.41, 5.74) is 0. The molecule has 0 fully saturated rings. The average molecular weight is 356 g/mol. The Labute approximate surface area is 121 Å². The zero-order valence-corrected chi connectivity index (χ0v) is 11.2. The third-order valence-corrected chi connectivity index (χ3v) is 0. The molecule has 0 aromatic rings. The minimum Gasteiger partial charge on any atom is -0.813 e. The fourth-order valence-electron chi connectivity index (χ4n) is 0. The summed E-state index contributed by atoms with van der Waals surface area (Å²) in [7, 11) is 0. The summed E-state index contributed by atoms with van der Waals surface area (Å²) < 4.78 is 0. The van der Waals surface area contributed by atoms with Crippen molar-refractivity contribution in [1.82, 2.24) is 0 Å². The van der Waals surface area contributed by atoms with Crippen molar-refractivity contribution >= 4 is 54.0 Å². The van der Waals surface area contributed by atoms with Gasteiger partial charge in [-0.2, -0.15) is 0 Å². The van der Waals surface area contributed by atoms with Crippen LogP contribution in [0.5, 0.6) is 0 Å². The molecule has 64 valence electrons. The summed E-state index contributed by atoms with van der Waals surface area (Å²) in [6, 6.07) is 0. The van der Waals surface area contributed by atoms with Crippen LogP contribution in [0.2, 0.25) is 0 Å². The molecule has 0 aliphatic heterocycles. The van der Waals surface area contributed by atoms with E-state index in [4.69, 9.17) is 0 Å². The van der Waals surface area contributed by atoms with Gasteiger partial charge < -0.3 is 54.0 Å². The van der Waals surface area contributed by atoms with Gasteiger partial charge in [0.2, 0.25) is 0 Å². The van der Waals surface area contributed by atoms with Gasteiger partial charge >= 0.3 is 0 Å². The Morgan fingerprint density at radius 3 is 0.250 bits per heavy atom. The van der Waals surface area contributed by atoms with Crippen molar-refractivity contribution in [2.75, 3.05) is 0 Å². The Bertz CT molecular complexity index is 8.00. The first-order valence-corrected chi connectivity index (χ1v) is 0. The van der Waals surface area contributed by atoms with E-state index in [0.717, 1.165) is 0 Å². The second kappa shape index (κ2) is 77.8. The first-order valence-electron chi connectivity index (χ1n) is 0.